The van der Waals surface area contributed by atoms with Crippen molar-refractivity contribution in [3.05, 3.63) is 58.6 Å². The van der Waals surface area contributed by atoms with Crippen LogP contribution in [-0.2, 0) is 0 Å². The molecular formula is C18H16FN3O. The summed E-state index contributed by atoms with van der Waals surface area (Å²) in [7, 11) is 0. The number of aromatic amines is 1. The summed E-state index contributed by atoms with van der Waals surface area (Å²) in [5.74, 6) is 0.0329. The Labute approximate surface area is 132 Å². The second-order valence-electron chi connectivity index (χ2n) is 5.82. The van der Waals surface area contributed by atoms with Gasteiger partial charge in [0.1, 0.15) is 11.6 Å². The quantitative estimate of drug-likeness (QED) is 0.790. The number of H-pyrrole nitrogens is 1. The van der Waals surface area contributed by atoms with Gasteiger partial charge in [0.15, 0.2) is 0 Å². The van der Waals surface area contributed by atoms with E-state index in [1.807, 2.05) is 18.2 Å². The van der Waals surface area contributed by atoms with Crippen LogP contribution in [0.5, 0.6) is 0 Å². The van der Waals surface area contributed by atoms with Crippen LogP contribution in [-0.4, -0.2) is 23.1 Å². The highest BCUT2D eigenvalue weighted by Crippen LogP contribution is 2.24. The van der Waals surface area contributed by atoms with Crippen molar-refractivity contribution in [3.8, 4) is 11.4 Å². The van der Waals surface area contributed by atoms with E-state index in [4.69, 9.17) is 0 Å². The minimum atomic E-state index is -0.352. The number of fused-ring (bicyclic) bond motifs is 1. The van der Waals surface area contributed by atoms with Gasteiger partial charge in [0, 0.05) is 24.3 Å². The van der Waals surface area contributed by atoms with Gasteiger partial charge in [0.2, 0.25) is 0 Å². The van der Waals surface area contributed by atoms with Crippen molar-refractivity contribution in [2.75, 3.05) is 18.0 Å². The van der Waals surface area contributed by atoms with Gasteiger partial charge < -0.3 is 9.88 Å². The molecule has 4 rings (SSSR count). The maximum atomic E-state index is 13.4. The molecule has 4 nitrogen and oxygen atoms in total. The van der Waals surface area contributed by atoms with Crippen LogP contribution in [0.2, 0.25) is 0 Å². The summed E-state index contributed by atoms with van der Waals surface area (Å²) < 4.78 is 13.4. The third-order valence-electron chi connectivity index (χ3n) is 4.26. The molecule has 1 saturated heterocycles. The lowest BCUT2D eigenvalue weighted by molar-refractivity contribution is 0.628. The Morgan fingerprint density at radius 1 is 1.09 bits per heavy atom. The summed E-state index contributed by atoms with van der Waals surface area (Å²) in [5.41, 5.74) is 2.04. The highest BCUT2D eigenvalue weighted by Gasteiger charge is 2.14. The number of halogens is 1. The SMILES string of the molecule is O=c1[nH]c(-c2cccc(F)c2)nc2ccc(N3CCCC3)cc12. The standard InChI is InChI=1S/C18H16FN3O/c19-13-5-3-4-12(10-13)17-20-16-7-6-14(22-8-1-2-9-22)11-15(16)18(23)21-17/h3-7,10-11H,1-2,8-9H2,(H,20,21,23). The average Bonchev–Trinajstić information content (AvgIpc) is 3.09. The number of aromatic nitrogens is 2. The monoisotopic (exact) mass is 309 g/mol. The van der Waals surface area contributed by atoms with Crippen molar-refractivity contribution in [2.24, 2.45) is 0 Å². The molecule has 1 N–H and O–H groups in total. The van der Waals surface area contributed by atoms with Crippen molar-refractivity contribution in [2.45, 2.75) is 12.8 Å². The van der Waals surface area contributed by atoms with Crippen molar-refractivity contribution < 1.29 is 4.39 Å². The molecule has 2 aromatic carbocycles. The molecule has 1 aliphatic heterocycles. The number of benzene rings is 2. The molecule has 3 aromatic rings. The van der Waals surface area contributed by atoms with Crippen molar-refractivity contribution >= 4 is 16.6 Å². The molecule has 2 heterocycles. The Morgan fingerprint density at radius 2 is 1.91 bits per heavy atom. The Balaban J connectivity index is 1.82. The highest BCUT2D eigenvalue weighted by molar-refractivity contribution is 5.83. The molecule has 0 atom stereocenters. The first-order chi connectivity index (χ1) is 11.2. The Hall–Kier alpha value is -2.69. The lowest BCUT2D eigenvalue weighted by Gasteiger charge is -2.17. The predicted molar refractivity (Wildman–Crippen MR) is 89.2 cm³/mol. The van der Waals surface area contributed by atoms with Crippen LogP contribution in [0.1, 0.15) is 12.8 Å². The number of hydrogen-bond donors (Lipinski definition) is 1. The Morgan fingerprint density at radius 3 is 2.70 bits per heavy atom. The Bertz CT molecular complexity index is 929. The van der Waals surface area contributed by atoms with Gasteiger partial charge in [-0.2, -0.15) is 0 Å². The number of nitrogens with zero attached hydrogens (tertiary/aromatic N) is 2. The van der Waals surface area contributed by atoms with Crippen LogP contribution in [0.25, 0.3) is 22.3 Å². The van der Waals surface area contributed by atoms with Crippen molar-refractivity contribution in [1.82, 2.24) is 9.97 Å². The molecule has 116 valence electrons. The minimum Gasteiger partial charge on any atom is -0.372 e. The lowest BCUT2D eigenvalue weighted by Crippen LogP contribution is -2.18. The van der Waals surface area contributed by atoms with E-state index in [2.05, 4.69) is 14.9 Å². The lowest BCUT2D eigenvalue weighted by atomic mass is 10.1. The maximum Gasteiger partial charge on any atom is 0.259 e. The van der Waals surface area contributed by atoms with Gasteiger partial charge in [-0.15, -0.1) is 0 Å². The van der Waals surface area contributed by atoms with Crippen LogP contribution in [0.15, 0.2) is 47.3 Å². The zero-order chi connectivity index (χ0) is 15.8. The normalized spacial score (nSPS) is 14.6. The zero-order valence-electron chi connectivity index (χ0n) is 12.6. The summed E-state index contributed by atoms with van der Waals surface area (Å²) in [6.45, 7) is 2.05. The maximum absolute atomic E-state index is 13.4. The number of anilines is 1. The summed E-state index contributed by atoms with van der Waals surface area (Å²) in [5, 5.41) is 0.564. The molecule has 0 aliphatic carbocycles. The van der Waals surface area contributed by atoms with Crippen LogP contribution in [0.3, 0.4) is 0 Å². The van der Waals surface area contributed by atoms with Gasteiger partial charge in [-0.1, -0.05) is 12.1 Å². The predicted octanol–water partition coefficient (Wildman–Crippen LogP) is 3.33. The molecule has 0 amide bonds. The van der Waals surface area contributed by atoms with Crippen LogP contribution < -0.4 is 10.5 Å². The summed E-state index contributed by atoms with van der Waals surface area (Å²) in [6, 6.07) is 11.8. The molecule has 1 fully saturated rings. The van der Waals surface area contributed by atoms with Gasteiger partial charge in [-0.25, -0.2) is 9.37 Å². The first kappa shape index (κ1) is 13.9. The van der Waals surface area contributed by atoms with Crippen molar-refractivity contribution in [3.63, 3.8) is 0 Å². The fraction of sp³-hybridized carbons (Fsp3) is 0.222. The highest BCUT2D eigenvalue weighted by atomic mass is 19.1. The summed E-state index contributed by atoms with van der Waals surface area (Å²) >= 11 is 0. The topological polar surface area (TPSA) is 49.0 Å². The third-order valence-corrected chi connectivity index (χ3v) is 4.26. The van der Waals surface area contributed by atoms with E-state index in [0.717, 1.165) is 18.8 Å². The average molecular weight is 309 g/mol. The largest absolute Gasteiger partial charge is 0.372 e. The zero-order valence-corrected chi connectivity index (χ0v) is 12.6. The number of hydrogen-bond acceptors (Lipinski definition) is 3. The molecule has 23 heavy (non-hydrogen) atoms. The molecule has 0 spiro atoms. The van der Waals surface area contributed by atoms with Gasteiger partial charge in [0.05, 0.1) is 10.9 Å². The smallest absolute Gasteiger partial charge is 0.259 e. The third kappa shape index (κ3) is 2.59. The van der Waals surface area contributed by atoms with Gasteiger partial charge in [-0.3, -0.25) is 4.79 Å². The van der Waals surface area contributed by atoms with E-state index in [1.54, 1.807) is 12.1 Å². The van der Waals surface area contributed by atoms with Crippen LogP contribution in [0.4, 0.5) is 10.1 Å². The van der Waals surface area contributed by atoms with E-state index in [1.165, 1.54) is 25.0 Å². The van der Waals surface area contributed by atoms with Gasteiger partial charge >= 0.3 is 0 Å². The van der Waals surface area contributed by atoms with E-state index in [9.17, 15) is 9.18 Å². The van der Waals surface area contributed by atoms with Crippen LogP contribution >= 0.6 is 0 Å². The van der Waals surface area contributed by atoms with E-state index in [-0.39, 0.29) is 11.4 Å². The fourth-order valence-corrected chi connectivity index (χ4v) is 3.07. The first-order valence-electron chi connectivity index (χ1n) is 7.76. The minimum absolute atomic E-state index is 0.199. The molecule has 0 saturated carbocycles. The van der Waals surface area contributed by atoms with E-state index in [0.29, 0.717) is 22.3 Å². The van der Waals surface area contributed by atoms with Crippen LogP contribution in [0, 0.1) is 5.82 Å². The fourth-order valence-electron chi connectivity index (χ4n) is 3.07. The molecule has 0 radical (unpaired) electrons. The van der Waals surface area contributed by atoms with E-state index >= 15 is 0 Å². The molecule has 5 heteroatoms. The first-order valence-corrected chi connectivity index (χ1v) is 7.76. The number of nitrogens with one attached hydrogen (secondary N) is 1. The molecule has 0 unspecified atom stereocenters. The molecular weight excluding hydrogens is 293 g/mol. The molecule has 0 bridgehead atoms. The van der Waals surface area contributed by atoms with Gasteiger partial charge in [-0.05, 0) is 43.2 Å². The molecule has 1 aromatic heterocycles. The second-order valence-corrected chi connectivity index (χ2v) is 5.82. The number of rotatable bonds is 2. The summed E-state index contributed by atoms with van der Waals surface area (Å²) in [4.78, 5) is 21.9. The summed E-state index contributed by atoms with van der Waals surface area (Å²) in [6.07, 6.45) is 2.37. The van der Waals surface area contributed by atoms with Gasteiger partial charge in [0.25, 0.3) is 5.56 Å². The van der Waals surface area contributed by atoms with E-state index < -0.39 is 0 Å². The van der Waals surface area contributed by atoms with Crippen molar-refractivity contribution in [1.29, 1.82) is 0 Å². The molecule has 1 aliphatic rings. The Kier molecular flexibility index (Phi) is 3.33. The second kappa shape index (κ2) is 5.50.